The monoisotopic (exact) mass is 469 g/mol. The molecule has 0 aliphatic carbocycles. The Hall–Kier alpha value is -2.82. The van der Waals surface area contributed by atoms with E-state index < -0.39 is 10.4 Å². The number of carbonyl (C=O) groups is 1. The molecule has 1 aromatic carbocycles. The zero-order valence-electron chi connectivity index (χ0n) is 19.3. The van der Waals surface area contributed by atoms with Crippen LogP contribution in [0.25, 0.3) is 5.69 Å². The molecule has 2 aromatic heterocycles. The Kier molecular flexibility index (Phi) is 5.07. The lowest BCUT2D eigenvalue weighted by molar-refractivity contribution is 0.0293. The number of carbonyl (C=O) groups excluding carboxylic acids is 1. The van der Waals surface area contributed by atoms with Crippen molar-refractivity contribution in [3.63, 3.8) is 0 Å². The zero-order valence-corrected chi connectivity index (χ0v) is 20.1. The summed E-state index contributed by atoms with van der Waals surface area (Å²) in [6.45, 7) is 9.78. The van der Waals surface area contributed by atoms with Gasteiger partial charge in [0.25, 0.3) is 5.91 Å². The van der Waals surface area contributed by atoms with Crippen LogP contribution in [0.5, 0.6) is 0 Å². The number of rotatable bonds is 5. The summed E-state index contributed by atoms with van der Waals surface area (Å²) in [5.41, 5.74) is 3.51. The number of nitrogens with zero attached hydrogens (tertiary/aromatic N) is 5. The Balaban J connectivity index is 1.46. The SMILES string of the molecule is Cc1nn(-c2ccccc2)c2c1C(C(C)C)N(C1CN([S+](=O)([O-])c3c(C)noc3C)C1)C2=O. The van der Waals surface area contributed by atoms with Crippen molar-refractivity contribution >= 4 is 16.3 Å². The highest BCUT2D eigenvalue weighted by Crippen LogP contribution is 2.45. The van der Waals surface area contributed by atoms with E-state index in [1.807, 2.05) is 42.2 Å². The normalized spacial score (nSPS) is 20.9. The van der Waals surface area contributed by atoms with E-state index in [0.29, 0.717) is 11.4 Å². The van der Waals surface area contributed by atoms with Crippen molar-refractivity contribution in [3.05, 3.63) is 58.7 Å². The summed E-state index contributed by atoms with van der Waals surface area (Å²) < 4.78 is 34.5. The first-order valence-electron chi connectivity index (χ1n) is 11.0. The standard InChI is InChI=1S/C23H27N5O4S/c1-13(2)20-19-14(3)24-28(17-9-7-6-8-10-17)21(19)23(29)27(20)18-11-26(12-18)33(30,31)22-15(4)25-32-16(22)5/h6-10,13,18,20H,11-12H2,1-5H3. The maximum Gasteiger partial charge on any atom is 0.273 e. The molecule has 10 heteroatoms. The van der Waals surface area contributed by atoms with Crippen molar-refractivity contribution in [2.75, 3.05) is 13.1 Å². The van der Waals surface area contributed by atoms with Gasteiger partial charge in [-0.2, -0.15) is 5.10 Å². The molecule has 1 fully saturated rings. The number of benzene rings is 1. The number of sulfonamides is 1. The number of fused-ring (bicyclic) bond motifs is 1. The van der Waals surface area contributed by atoms with Gasteiger partial charge in [-0.05, 0) is 31.9 Å². The van der Waals surface area contributed by atoms with Gasteiger partial charge in [0.1, 0.15) is 11.4 Å². The van der Waals surface area contributed by atoms with Crippen LogP contribution in [0.3, 0.4) is 0 Å². The van der Waals surface area contributed by atoms with Gasteiger partial charge in [0.2, 0.25) is 4.90 Å². The first-order valence-corrected chi connectivity index (χ1v) is 12.5. The summed E-state index contributed by atoms with van der Waals surface area (Å²) in [5, 5.41) is 8.46. The molecule has 3 aromatic rings. The second-order valence-electron chi connectivity index (χ2n) is 9.13. The molecule has 0 spiro atoms. The highest BCUT2D eigenvalue weighted by Gasteiger charge is 2.53. The van der Waals surface area contributed by atoms with Crippen LogP contribution in [-0.2, 0) is 14.6 Å². The molecular weight excluding hydrogens is 442 g/mol. The van der Waals surface area contributed by atoms with E-state index in [2.05, 4.69) is 24.1 Å². The smallest absolute Gasteiger partial charge is 0.273 e. The van der Waals surface area contributed by atoms with Crippen LogP contribution in [0.1, 0.15) is 53.1 Å². The minimum absolute atomic E-state index is 0.104. The van der Waals surface area contributed by atoms with Crippen LogP contribution >= 0.6 is 0 Å². The zero-order chi connectivity index (χ0) is 23.7. The number of amides is 1. The van der Waals surface area contributed by atoms with Gasteiger partial charge in [0.05, 0.1) is 36.6 Å². The first kappa shape index (κ1) is 22.0. The van der Waals surface area contributed by atoms with Crippen LogP contribution in [0.15, 0.2) is 39.8 Å². The van der Waals surface area contributed by atoms with Crippen molar-refractivity contribution in [1.82, 2.24) is 24.1 Å². The number of hydrogen-bond donors (Lipinski definition) is 0. The summed E-state index contributed by atoms with van der Waals surface area (Å²) in [7, 11) is -3.73. The third-order valence-corrected chi connectivity index (χ3v) is 8.64. The van der Waals surface area contributed by atoms with Gasteiger partial charge in [0, 0.05) is 12.5 Å². The van der Waals surface area contributed by atoms with E-state index in [0.717, 1.165) is 16.9 Å². The minimum Gasteiger partial charge on any atom is -0.593 e. The fourth-order valence-electron chi connectivity index (χ4n) is 5.05. The quantitative estimate of drug-likeness (QED) is 0.531. The molecule has 9 nitrogen and oxygen atoms in total. The molecule has 2 aliphatic heterocycles. The van der Waals surface area contributed by atoms with E-state index >= 15 is 0 Å². The van der Waals surface area contributed by atoms with Gasteiger partial charge in [-0.1, -0.05) is 41.4 Å². The molecule has 174 valence electrons. The first-order chi connectivity index (χ1) is 15.6. The molecule has 0 N–H and O–H groups in total. The van der Waals surface area contributed by atoms with Gasteiger partial charge in [-0.15, -0.1) is 4.31 Å². The summed E-state index contributed by atoms with van der Waals surface area (Å²) in [6.07, 6.45) is 0. The lowest BCUT2D eigenvalue weighted by atomic mass is 9.95. The van der Waals surface area contributed by atoms with Crippen LogP contribution in [-0.4, -0.2) is 53.7 Å². The second-order valence-corrected chi connectivity index (χ2v) is 11.0. The van der Waals surface area contributed by atoms with E-state index in [9.17, 15) is 13.6 Å². The summed E-state index contributed by atoms with van der Waals surface area (Å²) in [5.74, 6) is 0.322. The van der Waals surface area contributed by atoms with Crippen molar-refractivity contribution in [1.29, 1.82) is 0 Å². The molecule has 0 bridgehead atoms. The maximum absolute atomic E-state index is 13.7. The predicted molar refractivity (Wildman–Crippen MR) is 120 cm³/mol. The number of aromatic nitrogens is 3. The van der Waals surface area contributed by atoms with Crippen LogP contribution < -0.4 is 0 Å². The maximum atomic E-state index is 13.7. The topological polar surface area (TPSA) is 108 Å². The minimum atomic E-state index is -3.73. The van der Waals surface area contributed by atoms with E-state index in [1.165, 1.54) is 4.31 Å². The average Bonchev–Trinajstić information content (AvgIpc) is 3.34. The Morgan fingerprint density at radius 1 is 1.12 bits per heavy atom. The molecule has 1 amide bonds. The molecule has 2 aliphatic rings. The Bertz CT molecular complexity index is 1260. The summed E-state index contributed by atoms with van der Waals surface area (Å²) in [6, 6.07) is 9.24. The molecule has 0 radical (unpaired) electrons. The van der Waals surface area contributed by atoms with Gasteiger partial charge < -0.3 is 14.0 Å². The third kappa shape index (κ3) is 3.19. The van der Waals surface area contributed by atoms with E-state index in [4.69, 9.17) is 4.52 Å². The molecule has 2 atom stereocenters. The fraction of sp³-hybridized carbons (Fsp3) is 0.435. The van der Waals surface area contributed by atoms with Crippen molar-refractivity contribution in [2.24, 2.45) is 5.92 Å². The van der Waals surface area contributed by atoms with Crippen LogP contribution in [0.2, 0.25) is 0 Å². The average molecular weight is 470 g/mol. The Labute approximate surface area is 193 Å². The lowest BCUT2D eigenvalue weighted by Gasteiger charge is -2.46. The lowest BCUT2D eigenvalue weighted by Crippen LogP contribution is -2.63. The van der Waals surface area contributed by atoms with Crippen molar-refractivity contribution < 1.29 is 18.1 Å². The largest absolute Gasteiger partial charge is 0.593 e. The Morgan fingerprint density at radius 3 is 2.36 bits per heavy atom. The summed E-state index contributed by atoms with van der Waals surface area (Å²) >= 11 is 0. The van der Waals surface area contributed by atoms with Crippen LogP contribution in [0, 0.1) is 26.7 Å². The molecule has 5 rings (SSSR count). The van der Waals surface area contributed by atoms with Gasteiger partial charge in [-0.25, -0.2) is 4.68 Å². The van der Waals surface area contributed by atoms with Gasteiger partial charge in [-0.3, -0.25) is 4.79 Å². The predicted octanol–water partition coefficient (Wildman–Crippen LogP) is 3.23. The molecular formula is C23H27N5O4S. The number of aryl methyl sites for hydroxylation is 3. The van der Waals surface area contributed by atoms with Gasteiger partial charge >= 0.3 is 0 Å². The second kappa shape index (κ2) is 7.61. The highest BCUT2D eigenvalue weighted by molar-refractivity contribution is 7.95. The molecule has 0 saturated carbocycles. The molecule has 1 saturated heterocycles. The molecule has 33 heavy (non-hydrogen) atoms. The van der Waals surface area contributed by atoms with E-state index in [1.54, 1.807) is 18.5 Å². The molecule has 2 unspecified atom stereocenters. The van der Waals surface area contributed by atoms with Crippen LogP contribution in [0.4, 0.5) is 0 Å². The van der Waals surface area contributed by atoms with Gasteiger partial charge in [0.15, 0.2) is 16.2 Å². The highest BCUT2D eigenvalue weighted by atomic mass is 32.3. The fourth-order valence-corrected chi connectivity index (χ4v) is 6.86. The molecule has 4 heterocycles. The van der Waals surface area contributed by atoms with E-state index in [-0.39, 0.29) is 47.7 Å². The number of hydrogen-bond acceptors (Lipinski definition) is 6. The summed E-state index contributed by atoms with van der Waals surface area (Å²) in [4.78, 5) is 15.7. The third-order valence-electron chi connectivity index (χ3n) is 6.56. The Morgan fingerprint density at radius 2 is 1.79 bits per heavy atom. The van der Waals surface area contributed by atoms with Crippen molar-refractivity contribution in [2.45, 2.75) is 51.6 Å². The number of para-hydroxylation sites is 1. The van der Waals surface area contributed by atoms with Crippen molar-refractivity contribution in [3.8, 4) is 5.69 Å².